The first-order valence-corrected chi connectivity index (χ1v) is 5.94. The van der Waals surface area contributed by atoms with Gasteiger partial charge >= 0.3 is 0 Å². The highest BCUT2D eigenvalue weighted by atomic mass is 19.1. The van der Waals surface area contributed by atoms with Crippen LogP contribution in [-0.2, 0) is 11.2 Å². The fourth-order valence-corrected chi connectivity index (χ4v) is 1.57. The van der Waals surface area contributed by atoms with Gasteiger partial charge in [0.2, 0.25) is 0 Å². The second-order valence-corrected chi connectivity index (χ2v) is 4.29. The lowest BCUT2D eigenvalue weighted by atomic mass is 10.1. The Morgan fingerprint density at radius 3 is 2.60 bits per heavy atom. The van der Waals surface area contributed by atoms with E-state index in [9.17, 15) is 13.6 Å². The summed E-state index contributed by atoms with van der Waals surface area (Å²) in [5.41, 5.74) is 5.97. The third-order valence-corrected chi connectivity index (χ3v) is 2.33. The summed E-state index contributed by atoms with van der Waals surface area (Å²) in [5.74, 6) is -3.04. The van der Waals surface area contributed by atoms with E-state index in [1.807, 2.05) is 0 Å². The largest absolute Gasteiger partial charge is 0.478 e. The number of hydrogen-bond donors (Lipinski definition) is 2. The zero-order chi connectivity index (χ0) is 15.1. The molecule has 3 N–H and O–H groups in total. The quantitative estimate of drug-likeness (QED) is 0.758. The highest BCUT2D eigenvalue weighted by Gasteiger charge is 2.14. The summed E-state index contributed by atoms with van der Waals surface area (Å²) in [6, 6.07) is 3.71. The Morgan fingerprint density at radius 1 is 1.50 bits per heavy atom. The van der Waals surface area contributed by atoms with Crippen molar-refractivity contribution in [2.45, 2.75) is 19.4 Å². The van der Waals surface area contributed by atoms with Crippen molar-refractivity contribution in [3.8, 4) is 11.8 Å². The third kappa shape index (κ3) is 4.82. The first kappa shape index (κ1) is 15.9. The van der Waals surface area contributed by atoms with Gasteiger partial charge in [0, 0.05) is 6.04 Å². The zero-order valence-corrected chi connectivity index (χ0v) is 11.0. The molecule has 0 saturated heterocycles. The maximum absolute atomic E-state index is 13.7. The predicted octanol–water partition coefficient (Wildman–Crippen LogP) is 0.873. The van der Waals surface area contributed by atoms with Crippen molar-refractivity contribution in [2.75, 3.05) is 13.2 Å². The van der Waals surface area contributed by atoms with Gasteiger partial charge < -0.3 is 15.8 Å². The van der Waals surface area contributed by atoms with Crippen molar-refractivity contribution in [2.24, 2.45) is 5.73 Å². The molecule has 5 nitrogen and oxygen atoms in total. The molecule has 1 aromatic carbocycles. The van der Waals surface area contributed by atoms with E-state index in [2.05, 4.69) is 5.32 Å². The van der Waals surface area contributed by atoms with Gasteiger partial charge in [0.15, 0.2) is 24.0 Å². The molecule has 20 heavy (non-hydrogen) atoms. The molecule has 1 rings (SSSR count). The van der Waals surface area contributed by atoms with E-state index in [4.69, 9.17) is 15.7 Å². The Balaban J connectivity index is 2.72. The monoisotopic (exact) mass is 283 g/mol. The van der Waals surface area contributed by atoms with Crippen LogP contribution >= 0.6 is 0 Å². The van der Waals surface area contributed by atoms with Crippen LogP contribution in [0.5, 0.6) is 5.75 Å². The molecule has 0 aromatic heterocycles. The minimum absolute atomic E-state index is 0.194. The molecule has 1 aromatic rings. The molecule has 7 heteroatoms. The van der Waals surface area contributed by atoms with Gasteiger partial charge in [0.05, 0.1) is 6.07 Å². The van der Waals surface area contributed by atoms with Crippen LogP contribution in [0.1, 0.15) is 12.5 Å². The number of amides is 1. The second-order valence-electron chi connectivity index (χ2n) is 4.29. The van der Waals surface area contributed by atoms with Gasteiger partial charge in [-0.05, 0) is 31.0 Å². The Morgan fingerprint density at radius 2 is 2.10 bits per heavy atom. The maximum Gasteiger partial charge on any atom is 0.258 e. The van der Waals surface area contributed by atoms with Crippen LogP contribution < -0.4 is 15.8 Å². The van der Waals surface area contributed by atoms with Crippen LogP contribution in [0.3, 0.4) is 0 Å². The Kier molecular flexibility index (Phi) is 5.87. The molecule has 0 spiro atoms. The number of ether oxygens (including phenoxy) is 1. The second kappa shape index (κ2) is 7.40. The van der Waals surface area contributed by atoms with Gasteiger partial charge in [-0.25, -0.2) is 8.78 Å². The molecule has 0 radical (unpaired) electrons. The molecule has 1 amide bonds. The van der Waals surface area contributed by atoms with E-state index in [-0.39, 0.29) is 12.6 Å². The van der Waals surface area contributed by atoms with Crippen LogP contribution in [0.15, 0.2) is 12.1 Å². The number of nitrogens with zero attached hydrogens (tertiary/aromatic N) is 1. The van der Waals surface area contributed by atoms with Gasteiger partial charge in [-0.2, -0.15) is 5.26 Å². The molecular weight excluding hydrogens is 268 g/mol. The minimum atomic E-state index is -0.895. The fraction of sp³-hybridized carbons (Fsp3) is 0.385. The number of rotatable bonds is 6. The van der Waals surface area contributed by atoms with Crippen LogP contribution in [0, 0.1) is 23.0 Å². The number of carbonyl (C=O) groups is 1. The van der Waals surface area contributed by atoms with Crippen molar-refractivity contribution in [1.82, 2.24) is 5.32 Å². The number of benzene rings is 1. The van der Waals surface area contributed by atoms with E-state index in [1.165, 1.54) is 0 Å². The summed E-state index contributed by atoms with van der Waals surface area (Å²) >= 11 is 0. The van der Waals surface area contributed by atoms with E-state index in [0.717, 1.165) is 12.1 Å². The standard InChI is InChI=1S/C13H15F2N3O2/c1-8(17)4-9-5-10(14)13(11(15)6-9)20-7-12(19)18-3-2-16/h5-6,8H,3-4,7,17H2,1H3,(H,18,19). The summed E-state index contributed by atoms with van der Waals surface area (Å²) in [7, 11) is 0. The van der Waals surface area contributed by atoms with Crippen molar-refractivity contribution >= 4 is 5.91 Å². The van der Waals surface area contributed by atoms with E-state index >= 15 is 0 Å². The summed E-state index contributed by atoms with van der Waals surface area (Å²) in [5, 5.41) is 10.4. The highest BCUT2D eigenvalue weighted by Crippen LogP contribution is 2.23. The van der Waals surface area contributed by atoms with Gasteiger partial charge in [0.1, 0.15) is 6.54 Å². The van der Waals surface area contributed by atoms with Gasteiger partial charge in [-0.15, -0.1) is 0 Å². The Labute approximate surface area is 115 Å². The average molecular weight is 283 g/mol. The van der Waals surface area contributed by atoms with Crippen LogP contribution in [-0.4, -0.2) is 25.1 Å². The molecule has 1 atom stereocenters. The molecule has 108 valence electrons. The van der Waals surface area contributed by atoms with Gasteiger partial charge in [0.25, 0.3) is 5.91 Å². The molecule has 0 aliphatic rings. The lowest BCUT2D eigenvalue weighted by Crippen LogP contribution is -2.29. The van der Waals surface area contributed by atoms with E-state index in [1.54, 1.807) is 13.0 Å². The smallest absolute Gasteiger partial charge is 0.258 e. The SMILES string of the molecule is CC(N)Cc1cc(F)c(OCC(=O)NCC#N)c(F)c1. The van der Waals surface area contributed by atoms with Crippen LogP contribution in [0.4, 0.5) is 8.78 Å². The summed E-state index contributed by atoms with van der Waals surface area (Å²) in [6.07, 6.45) is 0.330. The van der Waals surface area contributed by atoms with Crippen molar-refractivity contribution in [3.05, 3.63) is 29.3 Å². The van der Waals surface area contributed by atoms with Crippen molar-refractivity contribution in [3.63, 3.8) is 0 Å². The molecular formula is C13H15F2N3O2. The van der Waals surface area contributed by atoms with Gasteiger partial charge in [-0.1, -0.05) is 0 Å². The summed E-state index contributed by atoms with van der Waals surface area (Å²) in [4.78, 5) is 11.2. The van der Waals surface area contributed by atoms with E-state index < -0.39 is 29.9 Å². The molecule has 0 heterocycles. The van der Waals surface area contributed by atoms with E-state index in [0.29, 0.717) is 12.0 Å². The summed E-state index contributed by atoms with van der Waals surface area (Å²) in [6.45, 7) is 0.961. The van der Waals surface area contributed by atoms with Crippen molar-refractivity contribution in [1.29, 1.82) is 5.26 Å². The zero-order valence-electron chi connectivity index (χ0n) is 11.0. The third-order valence-electron chi connectivity index (χ3n) is 2.33. The highest BCUT2D eigenvalue weighted by molar-refractivity contribution is 5.77. The Hall–Kier alpha value is -2.20. The molecule has 1 unspecified atom stereocenters. The first-order chi connectivity index (χ1) is 9.43. The number of nitrogens with one attached hydrogen (secondary N) is 1. The average Bonchev–Trinajstić information content (AvgIpc) is 2.34. The predicted molar refractivity (Wildman–Crippen MR) is 67.8 cm³/mol. The number of carbonyl (C=O) groups excluding carboxylic acids is 1. The topological polar surface area (TPSA) is 88.1 Å². The maximum atomic E-state index is 13.7. The molecule has 0 fully saturated rings. The molecule has 0 aliphatic heterocycles. The minimum Gasteiger partial charge on any atom is -0.478 e. The number of nitrogens with two attached hydrogens (primary N) is 1. The molecule has 0 bridgehead atoms. The first-order valence-electron chi connectivity index (χ1n) is 5.94. The van der Waals surface area contributed by atoms with Crippen LogP contribution in [0.25, 0.3) is 0 Å². The number of halogens is 2. The lowest BCUT2D eigenvalue weighted by Gasteiger charge is -2.11. The number of nitriles is 1. The summed E-state index contributed by atoms with van der Waals surface area (Å²) < 4.78 is 32.1. The lowest BCUT2D eigenvalue weighted by molar-refractivity contribution is -0.122. The number of hydrogen-bond acceptors (Lipinski definition) is 4. The van der Waals surface area contributed by atoms with Crippen molar-refractivity contribution < 1.29 is 18.3 Å². The van der Waals surface area contributed by atoms with Crippen LogP contribution in [0.2, 0.25) is 0 Å². The Bertz CT molecular complexity index is 504. The molecule has 0 saturated carbocycles. The molecule has 0 aliphatic carbocycles. The van der Waals surface area contributed by atoms with Gasteiger partial charge in [-0.3, -0.25) is 4.79 Å². The fourth-order valence-electron chi connectivity index (χ4n) is 1.57. The normalized spacial score (nSPS) is 11.6.